The third kappa shape index (κ3) is 3.61. The van der Waals surface area contributed by atoms with Gasteiger partial charge in [0, 0.05) is 24.2 Å². The molecule has 2 unspecified atom stereocenters. The summed E-state index contributed by atoms with van der Waals surface area (Å²) in [5, 5.41) is 20.3. The van der Waals surface area contributed by atoms with E-state index in [1.165, 1.54) is 11.6 Å². The minimum atomic E-state index is -1.02. The smallest absolute Gasteiger partial charge is 0.127 e. The molecule has 2 bridgehead atoms. The largest absolute Gasteiger partial charge is 0.385 e. The Labute approximate surface area is 158 Å². The summed E-state index contributed by atoms with van der Waals surface area (Å²) in [5.74, 6) is -0.394. The number of hydrogen-bond donors (Lipinski definition) is 1. The van der Waals surface area contributed by atoms with Crippen LogP contribution < -0.4 is 0 Å². The van der Waals surface area contributed by atoms with Gasteiger partial charge in [-0.15, -0.1) is 0 Å². The highest BCUT2D eigenvalue weighted by Crippen LogP contribution is 2.42. The van der Waals surface area contributed by atoms with Crippen LogP contribution in [0.4, 0.5) is 4.39 Å². The Morgan fingerprint density at radius 3 is 2.52 bits per heavy atom. The summed E-state index contributed by atoms with van der Waals surface area (Å²) in [6.07, 6.45) is 1.08. The molecule has 5 heteroatoms. The summed E-state index contributed by atoms with van der Waals surface area (Å²) < 4.78 is 19.7. The minimum absolute atomic E-state index is 0.00581. The van der Waals surface area contributed by atoms with E-state index in [2.05, 4.69) is 17.0 Å². The van der Waals surface area contributed by atoms with Gasteiger partial charge in [0.2, 0.25) is 0 Å². The molecule has 2 aliphatic rings. The standard InChI is InChI=1S/C22H23FN2O2/c23-21-7-6-18(10-17(21)8-9-24)22(26)11-19-14-27-15-20(12-22)25(19)13-16-4-2-1-3-5-16/h1-7,10,19-20,26H,8,11-15H2. The zero-order chi connectivity index (χ0) is 18.9. The van der Waals surface area contributed by atoms with Crippen LogP contribution in [0.15, 0.2) is 48.5 Å². The Balaban J connectivity index is 1.59. The second-order valence-electron chi connectivity index (χ2n) is 7.58. The molecule has 1 N–H and O–H groups in total. The van der Waals surface area contributed by atoms with Gasteiger partial charge in [-0.3, -0.25) is 4.90 Å². The Bertz CT molecular complexity index is 835. The monoisotopic (exact) mass is 366 g/mol. The summed E-state index contributed by atoms with van der Waals surface area (Å²) >= 11 is 0. The molecule has 2 saturated heterocycles. The van der Waals surface area contributed by atoms with E-state index < -0.39 is 11.4 Å². The van der Waals surface area contributed by atoms with Gasteiger partial charge < -0.3 is 9.84 Å². The first kappa shape index (κ1) is 18.1. The van der Waals surface area contributed by atoms with Crippen LogP contribution in [0.5, 0.6) is 0 Å². The van der Waals surface area contributed by atoms with Gasteiger partial charge in [0.1, 0.15) is 5.82 Å². The van der Waals surface area contributed by atoms with Crippen molar-refractivity contribution in [3.63, 3.8) is 0 Å². The van der Waals surface area contributed by atoms with Crippen molar-refractivity contribution in [2.75, 3.05) is 13.2 Å². The van der Waals surface area contributed by atoms with Gasteiger partial charge in [-0.1, -0.05) is 36.4 Å². The number of morpholine rings is 1. The van der Waals surface area contributed by atoms with Crippen LogP contribution >= 0.6 is 0 Å². The van der Waals surface area contributed by atoms with Crippen molar-refractivity contribution in [2.45, 2.75) is 43.5 Å². The van der Waals surface area contributed by atoms with Crippen LogP contribution in [0.2, 0.25) is 0 Å². The maximum atomic E-state index is 13.9. The SMILES string of the molecule is N#CCc1cc(C2(O)CC3COCC(C2)N3Cc2ccccc2)ccc1F. The van der Waals surface area contributed by atoms with E-state index in [4.69, 9.17) is 10.00 Å². The van der Waals surface area contributed by atoms with Gasteiger partial charge in [0.05, 0.1) is 31.3 Å². The molecule has 0 aliphatic carbocycles. The van der Waals surface area contributed by atoms with Gasteiger partial charge >= 0.3 is 0 Å². The van der Waals surface area contributed by atoms with Crippen molar-refractivity contribution in [3.8, 4) is 6.07 Å². The second-order valence-corrected chi connectivity index (χ2v) is 7.58. The molecule has 2 heterocycles. The summed E-state index contributed by atoms with van der Waals surface area (Å²) in [4.78, 5) is 2.42. The Hall–Kier alpha value is -2.26. The van der Waals surface area contributed by atoms with E-state index in [9.17, 15) is 9.50 Å². The molecular formula is C22H23FN2O2. The van der Waals surface area contributed by atoms with Crippen molar-refractivity contribution >= 4 is 0 Å². The zero-order valence-electron chi connectivity index (χ0n) is 15.1. The van der Waals surface area contributed by atoms with Crippen LogP contribution in [0, 0.1) is 17.1 Å². The first-order valence-corrected chi connectivity index (χ1v) is 9.35. The first-order valence-electron chi connectivity index (χ1n) is 9.35. The molecular weight excluding hydrogens is 343 g/mol. The second kappa shape index (κ2) is 7.40. The van der Waals surface area contributed by atoms with E-state index in [0.717, 1.165) is 6.54 Å². The number of benzene rings is 2. The van der Waals surface area contributed by atoms with Crippen molar-refractivity contribution in [1.82, 2.24) is 4.90 Å². The third-order valence-corrected chi connectivity index (χ3v) is 5.77. The molecule has 2 aliphatic heterocycles. The lowest BCUT2D eigenvalue weighted by atomic mass is 9.76. The molecule has 4 nitrogen and oxygen atoms in total. The molecule has 2 aromatic carbocycles. The van der Waals surface area contributed by atoms with E-state index in [-0.39, 0.29) is 18.5 Å². The van der Waals surface area contributed by atoms with Crippen molar-refractivity contribution < 1.29 is 14.2 Å². The third-order valence-electron chi connectivity index (χ3n) is 5.77. The van der Waals surface area contributed by atoms with Crippen LogP contribution in [-0.4, -0.2) is 35.3 Å². The molecule has 27 heavy (non-hydrogen) atoms. The molecule has 0 spiro atoms. The highest BCUT2D eigenvalue weighted by molar-refractivity contribution is 5.32. The Kier molecular flexibility index (Phi) is 4.96. The maximum absolute atomic E-state index is 13.9. The average Bonchev–Trinajstić information content (AvgIpc) is 2.65. The summed E-state index contributed by atoms with van der Waals surface area (Å²) in [6, 6.07) is 17.2. The Morgan fingerprint density at radius 2 is 1.85 bits per heavy atom. The number of piperidine rings is 1. The maximum Gasteiger partial charge on any atom is 0.127 e. The fourth-order valence-electron chi connectivity index (χ4n) is 4.42. The molecule has 2 atom stereocenters. The number of fused-ring (bicyclic) bond motifs is 2. The number of ether oxygens (including phenoxy) is 1. The predicted octanol–water partition coefficient (Wildman–Crippen LogP) is 3.14. The van der Waals surface area contributed by atoms with Gasteiger partial charge in [-0.25, -0.2) is 4.39 Å². The van der Waals surface area contributed by atoms with Crippen molar-refractivity contribution in [2.24, 2.45) is 0 Å². The number of nitriles is 1. The average molecular weight is 366 g/mol. The molecule has 0 amide bonds. The van der Waals surface area contributed by atoms with E-state index in [1.807, 2.05) is 24.3 Å². The molecule has 0 saturated carbocycles. The topological polar surface area (TPSA) is 56.5 Å². The van der Waals surface area contributed by atoms with Gasteiger partial charge in [0.15, 0.2) is 0 Å². The zero-order valence-corrected chi connectivity index (χ0v) is 15.1. The first-order chi connectivity index (χ1) is 13.1. The van der Waals surface area contributed by atoms with Crippen LogP contribution in [0.1, 0.15) is 29.5 Å². The lowest BCUT2D eigenvalue weighted by molar-refractivity contribution is -0.149. The lowest BCUT2D eigenvalue weighted by Crippen LogP contribution is -2.60. The molecule has 140 valence electrons. The Morgan fingerprint density at radius 1 is 1.15 bits per heavy atom. The fraction of sp³-hybridized carbons (Fsp3) is 0.409. The van der Waals surface area contributed by atoms with E-state index >= 15 is 0 Å². The summed E-state index contributed by atoms with van der Waals surface area (Å²) in [6.45, 7) is 1.99. The van der Waals surface area contributed by atoms with Gasteiger partial charge in [0.25, 0.3) is 0 Å². The molecule has 4 rings (SSSR count). The van der Waals surface area contributed by atoms with Crippen LogP contribution in [0.3, 0.4) is 0 Å². The highest BCUT2D eigenvalue weighted by Gasteiger charge is 2.47. The highest BCUT2D eigenvalue weighted by atomic mass is 19.1. The van der Waals surface area contributed by atoms with Crippen molar-refractivity contribution in [1.29, 1.82) is 5.26 Å². The predicted molar refractivity (Wildman–Crippen MR) is 99.2 cm³/mol. The normalized spacial score (nSPS) is 27.9. The number of rotatable bonds is 4. The molecule has 2 aromatic rings. The van der Waals surface area contributed by atoms with Crippen LogP contribution in [0.25, 0.3) is 0 Å². The molecule has 0 radical (unpaired) electrons. The summed E-state index contributed by atoms with van der Waals surface area (Å²) in [7, 11) is 0. The van der Waals surface area contributed by atoms with Crippen LogP contribution in [-0.2, 0) is 23.3 Å². The minimum Gasteiger partial charge on any atom is -0.385 e. The number of halogens is 1. The number of nitrogens with zero attached hydrogens (tertiary/aromatic N) is 2. The lowest BCUT2D eigenvalue weighted by Gasteiger charge is -2.52. The van der Waals surface area contributed by atoms with Gasteiger partial charge in [-0.05, 0) is 36.1 Å². The van der Waals surface area contributed by atoms with Crippen molar-refractivity contribution in [3.05, 3.63) is 71.0 Å². The van der Waals surface area contributed by atoms with E-state index in [1.54, 1.807) is 12.1 Å². The van der Waals surface area contributed by atoms with Gasteiger partial charge in [-0.2, -0.15) is 5.26 Å². The quantitative estimate of drug-likeness (QED) is 0.903. The number of hydrogen-bond acceptors (Lipinski definition) is 4. The van der Waals surface area contributed by atoms with E-state index in [0.29, 0.717) is 37.2 Å². The summed E-state index contributed by atoms with van der Waals surface area (Å²) in [5.41, 5.74) is 1.27. The molecule has 0 aromatic heterocycles. The number of aliphatic hydroxyl groups is 1. The molecule has 2 fully saturated rings. The fourth-order valence-corrected chi connectivity index (χ4v) is 4.42.